The van der Waals surface area contributed by atoms with E-state index in [-0.39, 0.29) is 17.3 Å². The number of carbonyl (C=O) groups is 1. The van der Waals surface area contributed by atoms with Gasteiger partial charge in [0.2, 0.25) is 0 Å². The van der Waals surface area contributed by atoms with Gasteiger partial charge >= 0.3 is 0 Å². The van der Waals surface area contributed by atoms with E-state index in [0.717, 1.165) is 65.7 Å². The second-order valence-electron chi connectivity index (χ2n) is 10.4. The molecule has 0 atom stereocenters. The van der Waals surface area contributed by atoms with Crippen molar-refractivity contribution in [3.63, 3.8) is 0 Å². The van der Waals surface area contributed by atoms with Gasteiger partial charge in [-0.1, -0.05) is 51.5 Å². The summed E-state index contributed by atoms with van der Waals surface area (Å²) in [6.45, 7) is 8.75. The molecule has 4 aromatic rings. The predicted molar refractivity (Wildman–Crippen MR) is 160 cm³/mol. The molecule has 208 valence electrons. The van der Waals surface area contributed by atoms with Crippen molar-refractivity contribution in [1.29, 1.82) is 0 Å². The molecule has 1 aliphatic heterocycles. The van der Waals surface area contributed by atoms with Crippen LogP contribution in [-0.4, -0.2) is 25.2 Å². The van der Waals surface area contributed by atoms with Crippen LogP contribution in [0.5, 0.6) is 0 Å². The van der Waals surface area contributed by atoms with Crippen LogP contribution in [0.2, 0.25) is 0 Å². The molecule has 6 rings (SSSR count). The van der Waals surface area contributed by atoms with E-state index in [2.05, 4.69) is 29.5 Å². The van der Waals surface area contributed by atoms with Crippen LogP contribution in [0.25, 0.3) is 11.3 Å². The van der Waals surface area contributed by atoms with Crippen molar-refractivity contribution in [3.05, 3.63) is 87.6 Å². The van der Waals surface area contributed by atoms with Crippen LogP contribution in [0.1, 0.15) is 79.5 Å². The molecule has 1 saturated carbocycles. The Morgan fingerprint density at radius 3 is 2.60 bits per heavy atom. The molecule has 1 amide bonds. The Bertz CT molecular complexity index is 1600. The number of carbonyl (C=O) groups excluding carboxylic acids is 1. The zero-order valence-corrected chi connectivity index (χ0v) is 24.1. The fourth-order valence-corrected chi connectivity index (χ4v) is 5.19. The number of rotatable bonds is 8. The van der Waals surface area contributed by atoms with Crippen LogP contribution in [0.4, 0.5) is 17.2 Å². The summed E-state index contributed by atoms with van der Waals surface area (Å²) in [5.74, 6) is 0.264. The zero-order valence-electron chi connectivity index (χ0n) is 24.1. The summed E-state index contributed by atoms with van der Waals surface area (Å²) in [7, 11) is 1.72. The van der Waals surface area contributed by atoms with Crippen molar-refractivity contribution in [3.8, 4) is 11.3 Å². The number of nitrogens with zero attached hydrogens (tertiary/aromatic N) is 5. The van der Waals surface area contributed by atoms with Crippen molar-refractivity contribution in [2.45, 2.75) is 72.4 Å². The fraction of sp³-hybridized carbons (Fsp3) is 0.375. The molecule has 0 spiro atoms. The molecule has 2 aliphatic rings. The summed E-state index contributed by atoms with van der Waals surface area (Å²) in [6, 6.07) is 12.6. The third kappa shape index (κ3) is 5.30. The second kappa shape index (κ2) is 11.5. The maximum absolute atomic E-state index is 13.4. The topological polar surface area (TPSA) is 85.1 Å². The highest BCUT2D eigenvalue weighted by Gasteiger charge is 2.30. The van der Waals surface area contributed by atoms with Crippen molar-refractivity contribution in [1.82, 2.24) is 19.3 Å². The van der Waals surface area contributed by atoms with Crippen molar-refractivity contribution in [2.24, 2.45) is 7.05 Å². The lowest BCUT2D eigenvalue weighted by Crippen LogP contribution is -2.24. The maximum atomic E-state index is 13.4. The number of aromatic nitrogens is 4. The van der Waals surface area contributed by atoms with Gasteiger partial charge in [0.15, 0.2) is 5.82 Å². The highest BCUT2D eigenvalue weighted by molar-refractivity contribution is 6.10. The van der Waals surface area contributed by atoms with Gasteiger partial charge in [0.1, 0.15) is 0 Å². The number of hydrogen-bond acceptors (Lipinski definition) is 5. The Hall–Kier alpha value is -4.20. The van der Waals surface area contributed by atoms with Gasteiger partial charge in [-0.05, 0) is 61.4 Å². The first kappa shape index (κ1) is 27.4. The number of fused-ring (bicyclic) bond motifs is 1. The Labute approximate surface area is 235 Å². The highest BCUT2D eigenvalue weighted by Crippen LogP contribution is 2.36. The third-order valence-corrected chi connectivity index (χ3v) is 7.52. The molecule has 8 nitrogen and oxygen atoms in total. The molecule has 0 radical (unpaired) electrons. The molecule has 8 heteroatoms. The molecular formula is C32H38N6O2. The number of nitrogens with one attached hydrogen (secondary N) is 1. The average molecular weight is 539 g/mol. The molecule has 2 aromatic carbocycles. The van der Waals surface area contributed by atoms with E-state index in [0.29, 0.717) is 18.3 Å². The lowest BCUT2D eigenvalue weighted by Gasteiger charge is -2.20. The van der Waals surface area contributed by atoms with E-state index >= 15 is 0 Å². The van der Waals surface area contributed by atoms with E-state index < -0.39 is 0 Å². The summed E-state index contributed by atoms with van der Waals surface area (Å²) in [5.41, 5.74) is 6.99. The molecule has 2 aromatic heterocycles. The van der Waals surface area contributed by atoms with Gasteiger partial charge in [-0.15, -0.1) is 0 Å². The minimum Gasteiger partial charge on any atom is -0.333 e. The normalized spacial score (nSPS) is 14.1. The van der Waals surface area contributed by atoms with E-state index in [1.807, 2.05) is 60.8 Å². The third-order valence-electron chi connectivity index (χ3n) is 7.52. The van der Waals surface area contributed by atoms with Gasteiger partial charge in [-0.2, -0.15) is 5.10 Å². The number of aryl methyl sites for hydroxylation is 2. The van der Waals surface area contributed by atoms with Gasteiger partial charge in [-0.3, -0.25) is 14.3 Å². The monoisotopic (exact) mass is 538 g/mol. The molecule has 3 heterocycles. The smallest absolute Gasteiger partial charge is 0.293 e. The average Bonchev–Trinajstić information content (AvgIpc) is 3.63. The SMILES string of the molecule is CC.CCCCc1ccc2c(c1)CN(c1cccc(-c3cn(C)c(=O)c(Nc4cnn(C5CC5)c4)n3)c1C)C2=O. The van der Waals surface area contributed by atoms with Crippen molar-refractivity contribution in [2.75, 3.05) is 10.2 Å². The number of amides is 1. The van der Waals surface area contributed by atoms with Crippen molar-refractivity contribution < 1.29 is 4.79 Å². The van der Waals surface area contributed by atoms with Crippen LogP contribution in [-0.2, 0) is 20.0 Å². The number of benzene rings is 2. The Morgan fingerprint density at radius 1 is 1.05 bits per heavy atom. The summed E-state index contributed by atoms with van der Waals surface area (Å²) >= 11 is 0. The van der Waals surface area contributed by atoms with Gasteiger partial charge in [0.25, 0.3) is 11.5 Å². The molecule has 0 saturated heterocycles. The molecule has 1 fully saturated rings. The van der Waals surface area contributed by atoms with E-state index in [9.17, 15) is 9.59 Å². The van der Waals surface area contributed by atoms with Crippen LogP contribution < -0.4 is 15.8 Å². The van der Waals surface area contributed by atoms with Crippen LogP contribution in [0.15, 0.2) is 59.8 Å². The largest absolute Gasteiger partial charge is 0.333 e. The molecular weight excluding hydrogens is 500 g/mol. The summed E-state index contributed by atoms with van der Waals surface area (Å²) in [6.07, 6.45) is 11.0. The predicted octanol–water partition coefficient (Wildman–Crippen LogP) is 6.56. The van der Waals surface area contributed by atoms with Gasteiger partial charge in [0.05, 0.1) is 30.2 Å². The molecule has 1 aliphatic carbocycles. The molecule has 0 bridgehead atoms. The lowest BCUT2D eigenvalue weighted by molar-refractivity contribution is 0.0996. The molecule has 0 unspecified atom stereocenters. The highest BCUT2D eigenvalue weighted by atomic mass is 16.2. The Morgan fingerprint density at radius 2 is 1.85 bits per heavy atom. The number of anilines is 3. The van der Waals surface area contributed by atoms with E-state index in [1.54, 1.807) is 19.4 Å². The zero-order chi connectivity index (χ0) is 28.4. The van der Waals surface area contributed by atoms with Gasteiger partial charge in [-0.25, -0.2) is 4.98 Å². The van der Waals surface area contributed by atoms with E-state index in [1.165, 1.54) is 10.1 Å². The van der Waals surface area contributed by atoms with E-state index in [4.69, 9.17) is 4.98 Å². The van der Waals surface area contributed by atoms with Gasteiger partial charge < -0.3 is 14.8 Å². The first-order valence-electron chi connectivity index (χ1n) is 14.4. The Balaban J connectivity index is 0.00000158. The molecule has 40 heavy (non-hydrogen) atoms. The van der Waals surface area contributed by atoms with Crippen LogP contribution in [0.3, 0.4) is 0 Å². The Kier molecular flexibility index (Phi) is 7.87. The first-order chi connectivity index (χ1) is 19.4. The number of unbranched alkanes of at least 4 members (excludes halogenated alkanes) is 1. The van der Waals surface area contributed by atoms with Crippen LogP contribution in [0, 0.1) is 6.92 Å². The summed E-state index contributed by atoms with van der Waals surface area (Å²) in [5, 5.41) is 7.56. The second-order valence-corrected chi connectivity index (χ2v) is 10.4. The first-order valence-corrected chi connectivity index (χ1v) is 14.4. The maximum Gasteiger partial charge on any atom is 0.293 e. The van der Waals surface area contributed by atoms with Crippen LogP contribution >= 0.6 is 0 Å². The number of hydrogen-bond donors (Lipinski definition) is 1. The fourth-order valence-electron chi connectivity index (χ4n) is 5.19. The minimum atomic E-state index is -0.217. The summed E-state index contributed by atoms with van der Waals surface area (Å²) < 4.78 is 3.47. The molecule has 1 N–H and O–H groups in total. The lowest BCUT2D eigenvalue weighted by atomic mass is 10.0. The standard InChI is InChI=1S/C30H32N6O2.C2H6/c1-4-5-7-20-10-13-25-21(14-20)16-35(29(25)37)27-9-6-8-24(19(27)2)26-18-34(3)30(38)28(33-26)32-22-15-31-36(17-22)23-11-12-23;1-2/h6,8-10,13-15,17-18,23H,4-5,7,11-12,16H2,1-3H3,(H,32,33);1-2H3. The summed E-state index contributed by atoms with van der Waals surface area (Å²) in [4.78, 5) is 32.8. The van der Waals surface area contributed by atoms with Gasteiger partial charge in [0, 0.05) is 36.3 Å². The quantitative estimate of drug-likeness (QED) is 0.275. The minimum absolute atomic E-state index is 0.0192. The van der Waals surface area contributed by atoms with Crippen molar-refractivity contribution >= 4 is 23.1 Å².